The van der Waals surface area contributed by atoms with E-state index in [9.17, 15) is 14.7 Å². The van der Waals surface area contributed by atoms with E-state index in [1.807, 2.05) is 11.9 Å². The van der Waals surface area contributed by atoms with Crippen molar-refractivity contribution in [3.8, 4) is 0 Å². The van der Waals surface area contributed by atoms with Crippen molar-refractivity contribution in [1.82, 2.24) is 20.3 Å². The topological polar surface area (TPSA) is 120 Å². The second kappa shape index (κ2) is 9.55. The van der Waals surface area contributed by atoms with Crippen molar-refractivity contribution in [2.24, 2.45) is 0 Å². The molecule has 3 amide bonds. The number of carbonyl (C=O) groups excluding carboxylic acids is 2. The van der Waals surface area contributed by atoms with Crippen molar-refractivity contribution in [3.05, 3.63) is 11.5 Å². The lowest BCUT2D eigenvalue weighted by Gasteiger charge is -2.37. The first-order chi connectivity index (χ1) is 13.9. The van der Waals surface area contributed by atoms with E-state index in [2.05, 4.69) is 20.7 Å². The van der Waals surface area contributed by atoms with Crippen LogP contribution in [0.25, 0.3) is 0 Å². The summed E-state index contributed by atoms with van der Waals surface area (Å²) in [6.45, 7) is 6.46. The largest absolute Gasteiger partial charge is 0.394 e. The summed E-state index contributed by atoms with van der Waals surface area (Å²) in [5, 5.41) is 19.1. The Morgan fingerprint density at radius 2 is 1.93 bits per heavy atom. The van der Waals surface area contributed by atoms with E-state index in [0.717, 1.165) is 26.2 Å². The number of ether oxygens (including phenoxy) is 1. The highest BCUT2D eigenvalue weighted by atomic mass is 16.5. The standard InChI is InChI=1S/C19H31N5O5/c1-12-18(13(2)29-22-12)21-19(27)20-15-5-4-14(28-16(15)11-25)10-17(26)24-8-6-23(3)7-9-24/h14-16,25H,4-11H2,1-3H3,(H2,20,21,27)/t14-,15-,16+/m0/s1. The van der Waals surface area contributed by atoms with Crippen LogP contribution in [-0.2, 0) is 9.53 Å². The van der Waals surface area contributed by atoms with E-state index in [1.165, 1.54) is 0 Å². The molecule has 2 aliphatic heterocycles. The summed E-state index contributed by atoms with van der Waals surface area (Å²) in [4.78, 5) is 29.0. The Balaban J connectivity index is 1.49. The number of nitrogens with one attached hydrogen (secondary N) is 2. The highest BCUT2D eigenvalue weighted by Gasteiger charge is 2.34. The zero-order chi connectivity index (χ0) is 21.0. The fourth-order valence-electron chi connectivity index (χ4n) is 3.81. The quantitative estimate of drug-likeness (QED) is 0.647. The summed E-state index contributed by atoms with van der Waals surface area (Å²) < 4.78 is 11.0. The number of nitrogens with zero attached hydrogens (tertiary/aromatic N) is 3. The van der Waals surface area contributed by atoms with Crippen molar-refractivity contribution < 1.29 is 24.0 Å². The molecule has 29 heavy (non-hydrogen) atoms. The Morgan fingerprint density at radius 3 is 2.55 bits per heavy atom. The molecule has 2 aliphatic rings. The maximum atomic E-state index is 12.5. The Bertz CT molecular complexity index is 696. The highest BCUT2D eigenvalue weighted by molar-refractivity contribution is 5.90. The lowest BCUT2D eigenvalue weighted by Crippen LogP contribution is -2.53. The van der Waals surface area contributed by atoms with Crippen LogP contribution in [0.3, 0.4) is 0 Å². The van der Waals surface area contributed by atoms with E-state index in [4.69, 9.17) is 9.26 Å². The van der Waals surface area contributed by atoms with E-state index in [0.29, 0.717) is 36.4 Å². The summed E-state index contributed by atoms with van der Waals surface area (Å²) >= 11 is 0. The molecule has 2 saturated heterocycles. The maximum Gasteiger partial charge on any atom is 0.319 e. The van der Waals surface area contributed by atoms with Gasteiger partial charge in [-0.2, -0.15) is 0 Å². The van der Waals surface area contributed by atoms with Crippen molar-refractivity contribution in [2.75, 3.05) is 45.2 Å². The van der Waals surface area contributed by atoms with Crippen LogP contribution in [0.1, 0.15) is 30.7 Å². The summed E-state index contributed by atoms with van der Waals surface area (Å²) in [5.74, 6) is 0.612. The number of urea groups is 1. The molecule has 2 fully saturated rings. The first-order valence-electron chi connectivity index (χ1n) is 10.1. The molecule has 0 radical (unpaired) electrons. The van der Waals surface area contributed by atoms with Gasteiger partial charge in [-0.1, -0.05) is 5.16 Å². The number of rotatable bonds is 5. The fourth-order valence-corrected chi connectivity index (χ4v) is 3.81. The molecule has 3 rings (SSSR count). The van der Waals surface area contributed by atoms with Crippen molar-refractivity contribution in [1.29, 1.82) is 0 Å². The molecule has 0 saturated carbocycles. The third-order valence-electron chi connectivity index (χ3n) is 5.64. The van der Waals surface area contributed by atoms with Crippen molar-refractivity contribution in [3.63, 3.8) is 0 Å². The number of amides is 3. The number of aryl methyl sites for hydroxylation is 2. The third kappa shape index (κ3) is 5.46. The van der Waals surface area contributed by atoms with Crippen LogP contribution in [0.2, 0.25) is 0 Å². The second-order valence-corrected chi connectivity index (χ2v) is 7.85. The predicted molar refractivity (Wildman–Crippen MR) is 106 cm³/mol. The molecular weight excluding hydrogens is 378 g/mol. The average Bonchev–Trinajstić information content (AvgIpc) is 3.01. The van der Waals surface area contributed by atoms with Gasteiger partial charge in [-0.25, -0.2) is 4.79 Å². The zero-order valence-corrected chi connectivity index (χ0v) is 17.3. The molecule has 162 valence electrons. The van der Waals surface area contributed by atoms with Crippen LogP contribution in [0.15, 0.2) is 4.52 Å². The third-order valence-corrected chi connectivity index (χ3v) is 5.64. The Labute approximate surface area is 170 Å². The van der Waals surface area contributed by atoms with E-state index in [-0.39, 0.29) is 24.7 Å². The molecule has 0 aliphatic carbocycles. The predicted octanol–water partition coefficient (Wildman–Crippen LogP) is 0.486. The molecule has 3 atom stereocenters. The molecular formula is C19H31N5O5. The van der Waals surface area contributed by atoms with Crippen molar-refractivity contribution >= 4 is 17.6 Å². The molecule has 10 heteroatoms. The number of hydrogen-bond acceptors (Lipinski definition) is 7. The summed E-state index contributed by atoms with van der Waals surface area (Å²) in [5.41, 5.74) is 1.13. The molecule has 1 aromatic rings. The van der Waals surface area contributed by atoms with E-state index >= 15 is 0 Å². The number of hydrogen-bond donors (Lipinski definition) is 3. The average molecular weight is 409 g/mol. The van der Waals surface area contributed by atoms with Gasteiger partial charge in [0.25, 0.3) is 0 Å². The number of aromatic nitrogens is 1. The van der Waals surface area contributed by atoms with E-state index < -0.39 is 12.1 Å². The van der Waals surface area contributed by atoms with Gasteiger partial charge in [0.1, 0.15) is 17.5 Å². The summed E-state index contributed by atoms with van der Waals surface area (Å²) in [7, 11) is 2.05. The molecule has 10 nitrogen and oxygen atoms in total. The smallest absolute Gasteiger partial charge is 0.319 e. The van der Waals surface area contributed by atoms with Gasteiger partial charge in [0.05, 0.1) is 25.2 Å². The van der Waals surface area contributed by atoms with Gasteiger partial charge in [-0.15, -0.1) is 0 Å². The molecule has 3 heterocycles. The Morgan fingerprint density at radius 1 is 1.21 bits per heavy atom. The Hall–Kier alpha value is -2.17. The number of anilines is 1. The van der Waals surface area contributed by atoms with Crippen LogP contribution < -0.4 is 10.6 Å². The minimum atomic E-state index is -0.551. The van der Waals surface area contributed by atoms with Crippen LogP contribution >= 0.6 is 0 Å². The van der Waals surface area contributed by atoms with Gasteiger partial charge < -0.3 is 34.8 Å². The number of piperazine rings is 1. The number of carbonyl (C=O) groups is 2. The molecule has 3 N–H and O–H groups in total. The van der Waals surface area contributed by atoms with Gasteiger partial charge in [0.15, 0.2) is 5.76 Å². The zero-order valence-electron chi connectivity index (χ0n) is 17.3. The normalized spacial score (nSPS) is 25.7. The molecule has 1 aromatic heterocycles. The summed E-state index contributed by atoms with van der Waals surface area (Å²) in [6, 6.07) is -0.742. The maximum absolute atomic E-state index is 12.5. The first-order valence-corrected chi connectivity index (χ1v) is 10.1. The summed E-state index contributed by atoms with van der Waals surface area (Å²) in [6.07, 6.45) is 0.776. The van der Waals surface area contributed by atoms with Crippen LogP contribution in [0.4, 0.5) is 10.5 Å². The van der Waals surface area contributed by atoms with Gasteiger partial charge in [0, 0.05) is 26.2 Å². The number of aliphatic hydroxyl groups is 1. The van der Waals surface area contributed by atoms with Gasteiger partial charge in [0.2, 0.25) is 5.91 Å². The molecule has 0 aromatic carbocycles. The second-order valence-electron chi connectivity index (χ2n) is 7.85. The number of likely N-dealkylation sites (N-methyl/N-ethyl adjacent to an activating group) is 1. The minimum Gasteiger partial charge on any atom is -0.394 e. The van der Waals surface area contributed by atoms with Crippen LogP contribution in [-0.4, -0.2) is 90.1 Å². The fraction of sp³-hybridized carbons (Fsp3) is 0.737. The lowest BCUT2D eigenvalue weighted by molar-refractivity contribution is -0.141. The van der Waals surface area contributed by atoms with E-state index in [1.54, 1.807) is 13.8 Å². The van der Waals surface area contributed by atoms with Crippen LogP contribution in [0.5, 0.6) is 0 Å². The highest BCUT2D eigenvalue weighted by Crippen LogP contribution is 2.24. The Kier molecular flexibility index (Phi) is 7.09. The van der Waals surface area contributed by atoms with Gasteiger partial charge in [-0.3, -0.25) is 4.79 Å². The van der Waals surface area contributed by atoms with Gasteiger partial charge in [-0.05, 0) is 33.7 Å². The molecule has 0 spiro atoms. The lowest BCUT2D eigenvalue weighted by atomic mass is 9.97. The molecule has 0 unspecified atom stereocenters. The SMILES string of the molecule is Cc1noc(C)c1NC(=O)N[C@H]1CC[C@@H](CC(=O)N2CCN(C)CC2)O[C@@H]1CO. The minimum absolute atomic E-state index is 0.0855. The molecule has 0 bridgehead atoms. The van der Waals surface area contributed by atoms with Gasteiger partial charge >= 0.3 is 6.03 Å². The van der Waals surface area contributed by atoms with Crippen molar-refractivity contribution in [2.45, 2.75) is 51.4 Å². The number of aliphatic hydroxyl groups excluding tert-OH is 1. The van der Waals surface area contributed by atoms with Crippen LogP contribution in [0, 0.1) is 13.8 Å². The monoisotopic (exact) mass is 409 g/mol. The first kappa shape index (κ1) is 21.5.